The predicted molar refractivity (Wildman–Crippen MR) is 110 cm³/mol. The maximum absolute atomic E-state index is 14.0. The summed E-state index contributed by atoms with van der Waals surface area (Å²) in [6.07, 6.45) is -4.89. The summed E-state index contributed by atoms with van der Waals surface area (Å²) in [5, 5.41) is 0. The Kier molecular flexibility index (Phi) is 8.99. The van der Waals surface area contributed by atoms with E-state index >= 15 is 0 Å². The highest BCUT2D eigenvalue weighted by Gasteiger charge is 2.56. The van der Waals surface area contributed by atoms with Crippen molar-refractivity contribution in [3.8, 4) is 0 Å². The number of benzene rings is 2. The first-order valence-electron chi connectivity index (χ1n) is 10.1. The summed E-state index contributed by atoms with van der Waals surface area (Å²) in [6, 6.07) is 16.7. The van der Waals surface area contributed by atoms with Crippen LogP contribution in [-0.4, -0.2) is 24.4 Å². The average molecular weight is 450 g/mol. The summed E-state index contributed by atoms with van der Waals surface area (Å²) in [5.74, 6) is -10.1. The zero-order valence-corrected chi connectivity index (χ0v) is 17.7. The van der Waals surface area contributed by atoms with E-state index in [-0.39, 0.29) is 19.5 Å². The lowest BCUT2D eigenvalue weighted by Gasteiger charge is -2.32. The van der Waals surface area contributed by atoms with E-state index in [1.807, 2.05) is 0 Å². The molecule has 8 heteroatoms. The fourth-order valence-electron chi connectivity index (χ4n) is 3.31. The van der Waals surface area contributed by atoms with E-state index in [0.717, 1.165) is 0 Å². The van der Waals surface area contributed by atoms with Gasteiger partial charge in [0.1, 0.15) is 19.5 Å². The van der Waals surface area contributed by atoms with Gasteiger partial charge in [0.15, 0.2) is 5.92 Å². The largest absolute Gasteiger partial charge is 0.460 e. The number of alkyl halides is 3. The van der Waals surface area contributed by atoms with Gasteiger partial charge in [0, 0.05) is 5.92 Å². The SMILES string of the molecule is CC(C)[C@@H](C=O)[C@H](C(C(=O)OCc1ccccc1)C(=O)OCc1ccccc1)C(F)(F)F. The molecule has 0 aliphatic carbocycles. The van der Waals surface area contributed by atoms with Crippen LogP contribution in [0.4, 0.5) is 13.2 Å². The van der Waals surface area contributed by atoms with Crippen LogP contribution in [0.1, 0.15) is 25.0 Å². The van der Waals surface area contributed by atoms with Crippen LogP contribution in [0.2, 0.25) is 0 Å². The van der Waals surface area contributed by atoms with Gasteiger partial charge < -0.3 is 14.3 Å². The highest BCUT2D eigenvalue weighted by atomic mass is 19.4. The summed E-state index contributed by atoms with van der Waals surface area (Å²) in [5.41, 5.74) is 1.08. The van der Waals surface area contributed by atoms with Crippen molar-refractivity contribution < 1.29 is 37.0 Å². The molecule has 0 heterocycles. The Morgan fingerprint density at radius 2 is 1.25 bits per heavy atom. The molecule has 172 valence electrons. The minimum Gasteiger partial charge on any atom is -0.460 e. The van der Waals surface area contributed by atoms with Crippen molar-refractivity contribution in [3.63, 3.8) is 0 Å². The molecule has 0 N–H and O–H groups in total. The van der Waals surface area contributed by atoms with Gasteiger partial charge >= 0.3 is 18.1 Å². The van der Waals surface area contributed by atoms with Gasteiger partial charge in [-0.3, -0.25) is 9.59 Å². The van der Waals surface area contributed by atoms with Gasteiger partial charge in [-0.05, 0) is 17.0 Å². The topological polar surface area (TPSA) is 69.7 Å². The smallest absolute Gasteiger partial charge is 0.393 e. The first-order chi connectivity index (χ1) is 15.1. The molecule has 0 aliphatic rings. The normalized spacial score (nSPS) is 13.5. The number of hydrogen-bond donors (Lipinski definition) is 0. The minimum atomic E-state index is -5.02. The summed E-state index contributed by atoms with van der Waals surface area (Å²) in [4.78, 5) is 37.1. The third-order valence-corrected chi connectivity index (χ3v) is 5.03. The fraction of sp³-hybridized carbons (Fsp3) is 0.375. The molecule has 0 aliphatic heterocycles. The molecule has 2 atom stereocenters. The standard InChI is InChI=1S/C24H25F3O5/c1-16(2)19(13-28)21(24(25,26)27)20(22(29)31-14-17-9-5-3-6-10-17)23(30)32-15-18-11-7-4-8-12-18/h3-13,16,19-21H,14-15H2,1-2H3/t19-,21-/m1/s1. The molecule has 0 aromatic heterocycles. The number of aldehydes is 1. The highest BCUT2D eigenvalue weighted by Crippen LogP contribution is 2.41. The van der Waals surface area contributed by atoms with Gasteiger partial charge in [-0.15, -0.1) is 0 Å². The molecule has 0 unspecified atom stereocenters. The summed E-state index contributed by atoms with van der Waals surface area (Å²) < 4.78 is 52.2. The van der Waals surface area contributed by atoms with Crippen LogP contribution in [0.3, 0.4) is 0 Å². The second-order valence-corrected chi connectivity index (χ2v) is 7.69. The van der Waals surface area contributed by atoms with Crippen LogP contribution in [0.15, 0.2) is 60.7 Å². The molecule has 0 saturated heterocycles. The van der Waals surface area contributed by atoms with E-state index in [1.54, 1.807) is 60.7 Å². The number of ether oxygens (including phenoxy) is 2. The average Bonchev–Trinajstić information content (AvgIpc) is 2.76. The maximum Gasteiger partial charge on any atom is 0.393 e. The fourth-order valence-corrected chi connectivity index (χ4v) is 3.31. The zero-order chi connectivity index (χ0) is 23.7. The van der Waals surface area contributed by atoms with Crippen molar-refractivity contribution in [2.75, 3.05) is 0 Å². The van der Waals surface area contributed by atoms with Crippen LogP contribution in [0.25, 0.3) is 0 Å². The molecule has 2 aromatic carbocycles. The Hall–Kier alpha value is -3.16. The lowest BCUT2D eigenvalue weighted by Crippen LogP contribution is -2.47. The number of hydrogen-bond acceptors (Lipinski definition) is 5. The molecule has 5 nitrogen and oxygen atoms in total. The van der Waals surface area contributed by atoms with Crippen LogP contribution in [-0.2, 0) is 37.1 Å². The van der Waals surface area contributed by atoms with Crippen LogP contribution in [0, 0.1) is 23.7 Å². The van der Waals surface area contributed by atoms with Crippen molar-refractivity contribution in [3.05, 3.63) is 71.8 Å². The van der Waals surface area contributed by atoms with Crippen molar-refractivity contribution >= 4 is 18.2 Å². The van der Waals surface area contributed by atoms with Gasteiger partial charge in [0.05, 0.1) is 5.92 Å². The molecule has 0 fully saturated rings. The molecule has 0 radical (unpaired) electrons. The highest BCUT2D eigenvalue weighted by molar-refractivity contribution is 5.95. The lowest BCUT2D eigenvalue weighted by molar-refractivity contribution is -0.218. The lowest BCUT2D eigenvalue weighted by atomic mass is 9.76. The van der Waals surface area contributed by atoms with Crippen LogP contribution >= 0.6 is 0 Å². The molecule has 32 heavy (non-hydrogen) atoms. The zero-order valence-electron chi connectivity index (χ0n) is 17.7. The van der Waals surface area contributed by atoms with E-state index < -0.39 is 41.8 Å². The molecule has 0 saturated carbocycles. The van der Waals surface area contributed by atoms with E-state index in [4.69, 9.17) is 9.47 Å². The van der Waals surface area contributed by atoms with Crippen molar-refractivity contribution in [2.24, 2.45) is 23.7 Å². The third-order valence-electron chi connectivity index (χ3n) is 5.03. The van der Waals surface area contributed by atoms with E-state index in [9.17, 15) is 27.6 Å². The first-order valence-corrected chi connectivity index (χ1v) is 10.1. The van der Waals surface area contributed by atoms with Gasteiger partial charge in [-0.2, -0.15) is 13.2 Å². The molecule has 0 spiro atoms. The second-order valence-electron chi connectivity index (χ2n) is 7.69. The summed E-state index contributed by atoms with van der Waals surface area (Å²) in [7, 11) is 0. The van der Waals surface area contributed by atoms with Gasteiger partial charge in [0.25, 0.3) is 0 Å². The summed E-state index contributed by atoms with van der Waals surface area (Å²) >= 11 is 0. The summed E-state index contributed by atoms with van der Waals surface area (Å²) in [6.45, 7) is 2.19. The Morgan fingerprint density at radius 3 is 1.56 bits per heavy atom. The number of carbonyl (C=O) groups is 3. The quantitative estimate of drug-likeness (QED) is 0.297. The Balaban J connectivity index is 2.32. The van der Waals surface area contributed by atoms with E-state index in [0.29, 0.717) is 11.1 Å². The van der Waals surface area contributed by atoms with Gasteiger partial charge in [0.2, 0.25) is 0 Å². The minimum absolute atomic E-state index is 0.130. The maximum atomic E-state index is 14.0. The number of carbonyl (C=O) groups excluding carboxylic acids is 3. The van der Waals surface area contributed by atoms with Crippen LogP contribution in [0.5, 0.6) is 0 Å². The predicted octanol–water partition coefficient (Wildman–Crippen LogP) is 4.74. The molecular formula is C24H25F3O5. The third kappa shape index (κ3) is 6.93. The molecule has 0 amide bonds. The Bertz CT molecular complexity index is 826. The van der Waals surface area contributed by atoms with E-state index in [2.05, 4.69) is 0 Å². The monoisotopic (exact) mass is 450 g/mol. The second kappa shape index (κ2) is 11.5. The number of rotatable bonds is 10. The molecule has 2 aromatic rings. The Labute approximate surface area is 184 Å². The van der Waals surface area contributed by atoms with Crippen LogP contribution < -0.4 is 0 Å². The first kappa shape index (κ1) is 25.1. The van der Waals surface area contributed by atoms with Gasteiger partial charge in [-0.25, -0.2) is 0 Å². The van der Waals surface area contributed by atoms with Crippen molar-refractivity contribution in [1.29, 1.82) is 0 Å². The molecule has 2 rings (SSSR count). The van der Waals surface area contributed by atoms with E-state index in [1.165, 1.54) is 13.8 Å². The van der Waals surface area contributed by atoms with Gasteiger partial charge in [-0.1, -0.05) is 74.5 Å². The van der Waals surface area contributed by atoms with Crippen molar-refractivity contribution in [1.82, 2.24) is 0 Å². The van der Waals surface area contributed by atoms with Crippen molar-refractivity contribution in [2.45, 2.75) is 33.2 Å². The number of halogens is 3. The Morgan fingerprint density at radius 1 is 0.844 bits per heavy atom. The molecular weight excluding hydrogens is 425 g/mol. The number of esters is 2. The molecule has 0 bridgehead atoms.